The molecule has 1 fully saturated rings. The zero-order valence-electron chi connectivity index (χ0n) is 11.8. The van der Waals surface area contributed by atoms with E-state index in [1.54, 1.807) is 18.2 Å². The lowest BCUT2D eigenvalue weighted by molar-refractivity contribution is -0.330. The number of aliphatic hydroxyl groups is 4. The van der Waals surface area contributed by atoms with Crippen molar-refractivity contribution in [3.05, 3.63) is 36.0 Å². The molecular formula is C14H20O7. The number of rotatable bonds is 4. The molecule has 1 heterocycles. The summed E-state index contributed by atoms with van der Waals surface area (Å²) in [5.74, 6) is -0.778. The first-order valence-corrected chi connectivity index (χ1v) is 6.43. The monoisotopic (exact) mass is 300 g/mol. The van der Waals surface area contributed by atoms with Crippen LogP contribution in [0.1, 0.15) is 13.8 Å². The van der Waals surface area contributed by atoms with Crippen molar-refractivity contribution in [2.75, 3.05) is 0 Å². The van der Waals surface area contributed by atoms with Gasteiger partial charge in [0.2, 0.25) is 6.29 Å². The minimum atomic E-state index is -1.75. The van der Waals surface area contributed by atoms with E-state index in [-0.39, 0.29) is 5.57 Å². The molecule has 5 atom stereocenters. The average molecular weight is 300 g/mol. The molecule has 4 N–H and O–H groups in total. The van der Waals surface area contributed by atoms with E-state index in [9.17, 15) is 25.2 Å². The Hall–Kier alpha value is -1.51. The Kier molecular flexibility index (Phi) is 6.73. The second kappa shape index (κ2) is 8.06. The second-order valence-corrected chi connectivity index (χ2v) is 4.53. The summed E-state index contributed by atoms with van der Waals surface area (Å²) in [6, 6.07) is 0. The third-order valence-electron chi connectivity index (χ3n) is 2.85. The summed E-state index contributed by atoms with van der Waals surface area (Å²) in [5.41, 5.74) is 0.238. The Morgan fingerprint density at radius 1 is 1.05 bits per heavy atom. The van der Waals surface area contributed by atoms with Crippen molar-refractivity contribution >= 4 is 5.97 Å². The summed E-state index contributed by atoms with van der Waals surface area (Å²) in [6.45, 7) is 3.35. The highest BCUT2D eigenvalue weighted by atomic mass is 16.8. The molecule has 0 amide bonds. The number of esters is 1. The molecule has 7 heteroatoms. The standard InChI is InChI=1S/C14H20O7/c1-3-4-5-6-7-8(2)12(18)20-14-11(17)9(15)10(16)13(19)21-14/h3-7,9-11,13-17,19H,1-2H3/b4-3+,6-5+,8-7+/t9-,10-,11+,13-,14+/m0/s1. The maximum absolute atomic E-state index is 11.8. The minimum absolute atomic E-state index is 0.238. The number of carbonyl (C=O) groups excluding carboxylic acids is 1. The molecule has 0 bridgehead atoms. The molecule has 1 aliphatic rings. The zero-order valence-corrected chi connectivity index (χ0v) is 11.8. The van der Waals surface area contributed by atoms with Crippen molar-refractivity contribution in [1.29, 1.82) is 0 Å². The molecule has 0 aromatic rings. The first-order chi connectivity index (χ1) is 9.88. The van der Waals surface area contributed by atoms with Crippen LogP contribution in [0.25, 0.3) is 0 Å². The van der Waals surface area contributed by atoms with E-state index >= 15 is 0 Å². The Labute approximate surface area is 122 Å². The van der Waals surface area contributed by atoms with Crippen LogP contribution in [0.5, 0.6) is 0 Å². The largest absolute Gasteiger partial charge is 0.429 e. The molecular weight excluding hydrogens is 280 g/mol. The van der Waals surface area contributed by atoms with Crippen molar-refractivity contribution < 1.29 is 34.7 Å². The normalized spacial score (nSPS) is 34.6. The van der Waals surface area contributed by atoms with Crippen molar-refractivity contribution in [2.45, 2.75) is 44.7 Å². The van der Waals surface area contributed by atoms with Gasteiger partial charge in [0.15, 0.2) is 6.29 Å². The van der Waals surface area contributed by atoms with E-state index in [4.69, 9.17) is 9.47 Å². The van der Waals surface area contributed by atoms with Gasteiger partial charge >= 0.3 is 5.97 Å². The first kappa shape index (κ1) is 17.5. The Morgan fingerprint density at radius 2 is 1.71 bits per heavy atom. The SMILES string of the molecule is C/C=C/C=C/C=C(\C)C(=O)O[C@@H]1O[C@H](O)[C@@H](O)[C@H](O)[C@H]1O. The van der Waals surface area contributed by atoms with Gasteiger partial charge in [0.05, 0.1) is 0 Å². The van der Waals surface area contributed by atoms with Crippen LogP contribution in [0.4, 0.5) is 0 Å². The number of allylic oxidation sites excluding steroid dienone is 5. The maximum atomic E-state index is 11.8. The number of aliphatic hydroxyl groups excluding tert-OH is 4. The Balaban J connectivity index is 2.65. The fraction of sp³-hybridized carbons (Fsp3) is 0.500. The Morgan fingerprint density at radius 3 is 2.33 bits per heavy atom. The molecule has 1 aliphatic heterocycles. The summed E-state index contributed by atoms with van der Waals surface area (Å²) in [7, 11) is 0. The fourth-order valence-corrected chi connectivity index (χ4v) is 1.57. The summed E-state index contributed by atoms with van der Waals surface area (Å²) in [5, 5.41) is 37.7. The van der Waals surface area contributed by atoms with Gasteiger partial charge in [-0.2, -0.15) is 0 Å². The summed E-state index contributed by atoms with van der Waals surface area (Å²) in [6.07, 6.45) is 0.122. The smallest absolute Gasteiger partial charge is 0.336 e. The van der Waals surface area contributed by atoms with Crippen LogP contribution >= 0.6 is 0 Å². The molecule has 0 aromatic carbocycles. The van der Waals surface area contributed by atoms with Crippen LogP contribution in [0, 0.1) is 0 Å². The van der Waals surface area contributed by atoms with Crippen LogP contribution in [0.2, 0.25) is 0 Å². The number of ether oxygens (including phenoxy) is 2. The summed E-state index contributed by atoms with van der Waals surface area (Å²) < 4.78 is 9.59. The second-order valence-electron chi connectivity index (χ2n) is 4.53. The van der Waals surface area contributed by atoms with Gasteiger partial charge in [-0.25, -0.2) is 4.79 Å². The quantitative estimate of drug-likeness (QED) is 0.310. The molecule has 1 rings (SSSR count). The van der Waals surface area contributed by atoms with Crippen LogP contribution in [-0.2, 0) is 14.3 Å². The summed E-state index contributed by atoms with van der Waals surface area (Å²) in [4.78, 5) is 11.8. The molecule has 0 aromatic heterocycles. The lowest BCUT2D eigenvalue weighted by Gasteiger charge is -2.37. The van der Waals surface area contributed by atoms with Crippen molar-refractivity contribution in [3.63, 3.8) is 0 Å². The van der Waals surface area contributed by atoms with E-state index in [1.807, 2.05) is 13.0 Å². The Bertz CT molecular complexity index is 441. The van der Waals surface area contributed by atoms with E-state index in [1.165, 1.54) is 13.0 Å². The third kappa shape index (κ3) is 4.76. The predicted molar refractivity (Wildman–Crippen MR) is 72.7 cm³/mol. The van der Waals surface area contributed by atoms with E-state index in [2.05, 4.69) is 0 Å². The van der Waals surface area contributed by atoms with Crippen molar-refractivity contribution in [3.8, 4) is 0 Å². The molecule has 0 spiro atoms. The zero-order chi connectivity index (χ0) is 16.0. The first-order valence-electron chi connectivity index (χ1n) is 6.43. The van der Waals surface area contributed by atoms with E-state index < -0.39 is 36.9 Å². The molecule has 0 aliphatic carbocycles. The van der Waals surface area contributed by atoms with Crippen LogP contribution in [-0.4, -0.2) is 57.3 Å². The van der Waals surface area contributed by atoms with Crippen molar-refractivity contribution in [1.82, 2.24) is 0 Å². The van der Waals surface area contributed by atoms with Gasteiger partial charge in [0, 0.05) is 5.57 Å². The topological polar surface area (TPSA) is 116 Å². The lowest BCUT2D eigenvalue weighted by Crippen LogP contribution is -2.58. The van der Waals surface area contributed by atoms with E-state index in [0.717, 1.165) is 0 Å². The third-order valence-corrected chi connectivity index (χ3v) is 2.85. The van der Waals surface area contributed by atoms with Crippen LogP contribution in [0.15, 0.2) is 36.0 Å². The van der Waals surface area contributed by atoms with E-state index in [0.29, 0.717) is 0 Å². The number of hydrogen-bond donors (Lipinski definition) is 4. The molecule has 118 valence electrons. The van der Waals surface area contributed by atoms with Gasteiger partial charge in [-0.1, -0.05) is 30.4 Å². The molecule has 0 radical (unpaired) electrons. The highest BCUT2D eigenvalue weighted by Crippen LogP contribution is 2.21. The molecule has 21 heavy (non-hydrogen) atoms. The van der Waals surface area contributed by atoms with Gasteiger partial charge in [-0.15, -0.1) is 0 Å². The lowest BCUT2D eigenvalue weighted by atomic mass is 10.0. The molecule has 1 saturated heterocycles. The van der Waals surface area contributed by atoms with Crippen LogP contribution < -0.4 is 0 Å². The molecule has 7 nitrogen and oxygen atoms in total. The van der Waals surface area contributed by atoms with Crippen molar-refractivity contribution in [2.24, 2.45) is 0 Å². The van der Waals surface area contributed by atoms with Gasteiger partial charge in [-0.3, -0.25) is 0 Å². The van der Waals surface area contributed by atoms with Gasteiger partial charge in [0.1, 0.15) is 18.3 Å². The average Bonchev–Trinajstić information content (AvgIpc) is 2.46. The van der Waals surface area contributed by atoms with Crippen LogP contribution in [0.3, 0.4) is 0 Å². The highest BCUT2D eigenvalue weighted by Gasteiger charge is 2.45. The van der Waals surface area contributed by atoms with Gasteiger partial charge in [0.25, 0.3) is 0 Å². The fourth-order valence-electron chi connectivity index (χ4n) is 1.57. The molecule has 0 saturated carbocycles. The number of carbonyl (C=O) groups is 1. The van der Waals surface area contributed by atoms with Gasteiger partial charge < -0.3 is 29.9 Å². The maximum Gasteiger partial charge on any atom is 0.336 e. The molecule has 0 unspecified atom stereocenters. The predicted octanol–water partition coefficient (Wildman–Crippen LogP) is -0.634. The minimum Gasteiger partial charge on any atom is -0.429 e. The highest BCUT2D eigenvalue weighted by molar-refractivity contribution is 5.88. The number of hydrogen-bond acceptors (Lipinski definition) is 7. The summed E-state index contributed by atoms with van der Waals surface area (Å²) >= 11 is 0. The van der Waals surface area contributed by atoms with Gasteiger partial charge in [-0.05, 0) is 13.8 Å².